The number of amides is 1. The molecule has 6 nitrogen and oxygen atoms in total. The second kappa shape index (κ2) is 10.5. The molecule has 188 valence electrons. The number of hydrogen-bond acceptors (Lipinski definition) is 7. The lowest BCUT2D eigenvalue weighted by atomic mass is 9.87. The quantitative estimate of drug-likeness (QED) is 0.163. The fraction of sp³-hybridized carbons (Fsp3) is 0.321. The van der Waals surface area contributed by atoms with Crippen molar-refractivity contribution in [2.24, 2.45) is 0 Å². The Kier molecular flexibility index (Phi) is 7.57. The summed E-state index contributed by atoms with van der Waals surface area (Å²) in [5.41, 5.74) is 4.26. The van der Waals surface area contributed by atoms with Crippen molar-refractivity contribution >= 4 is 46.3 Å². The maximum atomic E-state index is 12.1. The number of carbonyl (C=O) groups excluding carboxylic acids is 2. The van der Waals surface area contributed by atoms with Gasteiger partial charge in [0.05, 0.1) is 11.3 Å². The largest absolute Gasteiger partial charge is 0.489 e. The number of carbonyl (C=O) groups is 2. The predicted octanol–water partition coefficient (Wildman–Crippen LogP) is 5.74. The van der Waals surface area contributed by atoms with Crippen LogP contribution in [-0.2, 0) is 16.0 Å². The molecule has 2 aromatic carbocycles. The number of nitrogens with one attached hydrogen (secondary N) is 1. The first-order chi connectivity index (χ1) is 17.1. The zero-order chi connectivity index (χ0) is 26.0. The summed E-state index contributed by atoms with van der Waals surface area (Å²) < 4.78 is 18.8. The molecule has 0 spiro atoms. The summed E-state index contributed by atoms with van der Waals surface area (Å²) in [5, 5.41) is 2.62. The smallest absolute Gasteiger partial charge is 0.315 e. The summed E-state index contributed by atoms with van der Waals surface area (Å²) in [6, 6.07) is 7.57. The van der Waals surface area contributed by atoms with Crippen LogP contribution >= 0.6 is 24.0 Å². The molecule has 2 aromatic rings. The standard InChI is InChI=1S/C28H29NO5S2/c1-6-7-23(30)33-24-16(2)17(3)25-21(18(24)4)12-13-28(5,34-25)15-32-20-10-8-19(9-11-20)14-22-26(31)29-27(35)36-22/h6,8-11,14H,1,7,12-13,15H2,2-5H3,(H,29,31,35)/b22-14-. The van der Waals surface area contributed by atoms with Crippen LogP contribution in [0.25, 0.3) is 6.08 Å². The van der Waals surface area contributed by atoms with Gasteiger partial charge in [-0.25, -0.2) is 0 Å². The molecule has 0 radical (unpaired) electrons. The third-order valence-electron chi connectivity index (χ3n) is 6.45. The summed E-state index contributed by atoms with van der Waals surface area (Å²) in [6.45, 7) is 12.0. The average molecular weight is 524 g/mol. The van der Waals surface area contributed by atoms with Crippen molar-refractivity contribution in [3.63, 3.8) is 0 Å². The molecule has 1 atom stereocenters. The van der Waals surface area contributed by atoms with Crippen molar-refractivity contribution in [1.29, 1.82) is 0 Å². The molecule has 8 heteroatoms. The first-order valence-electron chi connectivity index (χ1n) is 11.7. The van der Waals surface area contributed by atoms with Crippen molar-refractivity contribution in [3.05, 3.63) is 69.6 Å². The number of thiocarbonyl (C=S) groups is 1. The lowest BCUT2D eigenvalue weighted by Gasteiger charge is -2.37. The highest BCUT2D eigenvalue weighted by Gasteiger charge is 2.36. The zero-order valence-electron chi connectivity index (χ0n) is 20.9. The van der Waals surface area contributed by atoms with Gasteiger partial charge < -0.3 is 19.5 Å². The third kappa shape index (κ3) is 5.50. The Morgan fingerprint density at radius 3 is 2.58 bits per heavy atom. The SMILES string of the molecule is C=CCC(=O)Oc1c(C)c(C)c2c(c1C)CCC(C)(COc1ccc(/C=C3\SC(=S)NC3=O)cc1)O2. The highest BCUT2D eigenvalue weighted by Crippen LogP contribution is 2.44. The first-order valence-corrected chi connectivity index (χ1v) is 12.9. The topological polar surface area (TPSA) is 73.9 Å². The third-order valence-corrected chi connectivity index (χ3v) is 7.62. The van der Waals surface area contributed by atoms with Crippen LogP contribution in [0.2, 0.25) is 0 Å². The summed E-state index contributed by atoms with van der Waals surface area (Å²) >= 11 is 6.29. The van der Waals surface area contributed by atoms with E-state index in [1.54, 1.807) is 6.08 Å². The van der Waals surface area contributed by atoms with Gasteiger partial charge in [0.15, 0.2) is 0 Å². The fourth-order valence-corrected chi connectivity index (χ4v) is 5.32. The summed E-state index contributed by atoms with van der Waals surface area (Å²) in [4.78, 5) is 24.5. The maximum absolute atomic E-state index is 12.1. The van der Waals surface area contributed by atoms with E-state index in [1.165, 1.54) is 11.8 Å². The van der Waals surface area contributed by atoms with Crippen molar-refractivity contribution < 1.29 is 23.8 Å². The van der Waals surface area contributed by atoms with Crippen molar-refractivity contribution in [2.45, 2.75) is 52.6 Å². The second-order valence-corrected chi connectivity index (χ2v) is 11.0. The van der Waals surface area contributed by atoms with E-state index in [1.807, 2.05) is 51.1 Å². The van der Waals surface area contributed by atoms with Gasteiger partial charge in [0.1, 0.15) is 33.8 Å². The zero-order valence-corrected chi connectivity index (χ0v) is 22.5. The summed E-state index contributed by atoms with van der Waals surface area (Å²) in [5.74, 6) is 1.70. The van der Waals surface area contributed by atoms with E-state index in [0.717, 1.165) is 52.2 Å². The monoisotopic (exact) mass is 523 g/mol. The van der Waals surface area contributed by atoms with Gasteiger partial charge in [0.2, 0.25) is 0 Å². The summed E-state index contributed by atoms with van der Waals surface area (Å²) in [7, 11) is 0. The van der Waals surface area contributed by atoms with Gasteiger partial charge in [-0.1, -0.05) is 42.2 Å². The van der Waals surface area contributed by atoms with Gasteiger partial charge in [-0.15, -0.1) is 6.58 Å². The van der Waals surface area contributed by atoms with Gasteiger partial charge >= 0.3 is 5.97 Å². The lowest BCUT2D eigenvalue weighted by molar-refractivity contribution is -0.133. The Labute approximate surface area is 221 Å². The molecule has 0 aliphatic carbocycles. The number of benzene rings is 2. The van der Waals surface area contributed by atoms with Crippen LogP contribution in [0.3, 0.4) is 0 Å². The minimum absolute atomic E-state index is 0.168. The predicted molar refractivity (Wildman–Crippen MR) is 147 cm³/mol. The molecule has 2 aliphatic rings. The van der Waals surface area contributed by atoms with Crippen LogP contribution in [-0.4, -0.2) is 28.4 Å². The molecule has 36 heavy (non-hydrogen) atoms. The van der Waals surface area contributed by atoms with Crippen molar-refractivity contribution in [3.8, 4) is 17.2 Å². The van der Waals surface area contributed by atoms with E-state index in [9.17, 15) is 9.59 Å². The minimum atomic E-state index is -0.507. The highest BCUT2D eigenvalue weighted by molar-refractivity contribution is 8.26. The molecule has 2 heterocycles. The Balaban J connectivity index is 1.45. The number of thioether (sulfide) groups is 1. The molecule has 0 saturated carbocycles. The van der Waals surface area contributed by atoms with Gasteiger partial charge in [0, 0.05) is 5.56 Å². The first kappa shape index (κ1) is 26.0. The Hall–Kier alpha value is -3.10. The highest BCUT2D eigenvalue weighted by atomic mass is 32.2. The number of esters is 1. The fourth-order valence-electron chi connectivity index (χ4n) is 4.28. The number of rotatable bonds is 7. The van der Waals surface area contributed by atoms with E-state index in [0.29, 0.717) is 21.6 Å². The molecular weight excluding hydrogens is 494 g/mol. The molecule has 0 aromatic heterocycles. The Bertz CT molecular complexity index is 1280. The molecule has 1 unspecified atom stereocenters. The molecule has 1 amide bonds. The van der Waals surface area contributed by atoms with Crippen molar-refractivity contribution in [2.75, 3.05) is 6.61 Å². The summed E-state index contributed by atoms with van der Waals surface area (Å²) in [6.07, 6.45) is 5.08. The Morgan fingerprint density at radius 2 is 1.94 bits per heavy atom. The van der Waals surface area contributed by atoms with Crippen LogP contribution in [0.1, 0.15) is 47.6 Å². The van der Waals surface area contributed by atoms with Crippen LogP contribution in [0, 0.1) is 20.8 Å². The van der Waals surface area contributed by atoms with E-state index in [4.69, 9.17) is 26.4 Å². The van der Waals surface area contributed by atoms with Crippen molar-refractivity contribution in [1.82, 2.24) is 5.32 Å². The number of hydrogen-bond donors (Lipinski definition) is 1. The van der Waals surface area contributed by atoms with Gasteiger partial charge in [0.25, 0.3) is 5.91 Å². The van der Waals surface area contributed by atoms with Crippen LogP contribution < -0.4 is 19.5 Å². The Morgan fingerprint density at radius 1 is 1.22 bits per heavy atom. The molecule has 2 aliphatic heterocycles. The maximum Gasteiger partial charge on any atom is 0.315 e. The minimum Gasteiger partial charge on any atom is -0.489 e. The van der Waals surface area contributed by atoms with Gasteiger partial charge in [-0.2, -0.15) is 0 Å². The molecular formula is C28H29NO5S2. The van der Waals surface area contributed by atoms with E-state index in [2.05, 4.69) is 18.8 Å². The van der Waals surface area contributed by atoms with E-state index >= 15 is 0 Å². The molecule has 4 rings (SSSR count). The van der Waals surface area contributed by atoms with E-state index in [-0.39, 0.29) is 18.3 Å². The number of fused-ring (bicyclic) bond motifs is 1. The molecule has 1 saturated heterocycles. The molecule has 0 bridgehead atoms. The number of ether oxygens (including phenoxy) is 3. The van der Waals surface area contributed by atoms with Gasteiger partial charge in [-0.05, 0) is 81.0 Å². The van der Waals surface area contributed by atoms with Crippen LogP contribution in [0.4, 0.5) is 0 Å². The normalized spacial score (nSPS) is 19.9. The second-order valence-electron chi connectivity index (χ2n) is 9.24. The van der Waals surface area contributed by atoms with Crippen LogP contribution in [0.15, 0.2) is 41.8 Å². The van der Waals surface area contributed by atoms with Crippen LogP contribution in [0.5, 0.6) is 17.2 Å². The lowest BCUT2D eigenvalue weighted by Crippen LogP contribution is -2.42. The molecule has 1 N–H and O–H groups in total. The average Bonchev–Trinajstić information content (AvgIpc) is 3.16. The van der Waals surface area contributed by atoms with Gasteiger partial charge in [-0.3, -0.25) is 9.59 Å². The van der Waals surface area contributed by atoms with E-state index < -0.39 is 5.60 Å². The molecule has 1 fully saturated rings.